The van der Waals surface area contributed by atoms with Gasteiger partial charge in [0, 0.05) is 50.3 Å². The number of carbonyl (C=O) groups is 2. The lowest BCUT2D eigenvalue weighted by molar-refractivity contribution is -0.126. The van der Waals surface area contributed by atoms with E-state index in [1.54, 1.807) is 18.6 Å². The molecule has 27 heavy (non-hydrogen) atoms. The predicted molar refractivity (Wildman–Crippen MR) is 99.6 cm³/mol. The van der Waals surface area contributed by atoms with Gasteiger partial charge in [0.05, 0.1) is 12.6 Å². The molecule has 1 saturated heterocycles. The minimum absolute atomic E-state index is 0.0105. The normalized spacial score (nSPS) is 19.9. The van der Waals surface area contributed by atoms with Crippen molar-refractivity contribution >= 4 is 11.8 Å². The fraction of sp³-hybridized carbons (Fsp3) is 0.556. The number of likely N-dealkylation sites (N-methyl/N-ethyl adjacent to an activating group) is 1. The van der Waals surface area contributed by atoms with Gasteiger partial charge in [0.25, 0.3) is 0 Å². The molecule has 9 heteroatoms. The van der Waals surface area contributed by atoms with Crippen molar-refractivity contribution in [2.24, 2.45) is 0 Å². The zero-order chi connectivity index (χ0) is 19.2. The number of amides is 2. The van der Waals surface area contributed by atoms with E-state index in [1.807, 2.05) is 24.6 Å². The molecule has 0 spiro atoms. The summed E-state index contributed by atoms with van der Waals surface area (Å²) in [7, 11) is 0. The van der Waals surface area contributed by atoms with Gasteiger partial charge in [0.2, 0.25) is 11.8 Å². The molecular weight excluding hydrogens is 346 g/mol. The predicted octanol–water partition coefficient (Wildman–Crippen LogP) is 0.0640. The molecule has 2 aromatic heterocycles. The lowest BCUT2D eigenvalue weighted by Gasteiger charge is -2.22. The van der Waals surface area contributed by atoms with Gasteiger partial charge < -0.3 is 20.2 Å². The third-order valence-corrected chi connectivity index (χ3v) is 4.76. The molecule has 2 atom stereocenters. The summed E-state index contributed by atoms with van der Waals surface area (Å²) in [6.07, 6.45) is 8.35. The standard InChI is InChI=1S/C18H27N7O2/c1-3-16-22-7-8-24(16)12-17(26)23-13-9-14(18(27)19-4-2)25(10-13)11-15-20-5-6-21-15/h5-8,13-14H,3-4,9-12H2,1-2H3,(H,19,27)(H,20,21)(H,23,26)/t13-,14-/m0/s1. The fourth-order valence-corrected chi connectivity index (χ4v) is 3.55. The van der Waals surface area contributed by atoms with Gasteiger partial charge in [-0.3, -0.25) is 14.5 Å². The quantitative estimate of drug-likeness (QED) is 0.607. The first-order valence-electron chi connectivity index (χ1n) is 9.40. The van der Waals surface area contributed by atoms with Crippen LogP contribution in [0, 0.1) is 0 Å². The first-order chi connectivity index (χ1) is 13.1. The highest BCUT2D eigenvalue weighted by Crippen LogP contribution is 2.20. The first kappa shape index (κ1) is 19.1. The molecule has 0 saturated carbocycles. The van der Waals surface area contributed by atoms with Gasteiger partial charge in [-0.1, -0.05) is 6.92 Å². The number of imidazole rings is 2. The number of rotatable bonds is 8. The van der Waals surface area contributed by atoms with E-state index >= 15 is 0 Å². The van der Waals surface area contributed by atoms with E-state index in [9.17, 15) is 9.59 Å². The van der Waals surface area contributed by atoms with Gasteiger partial charge in [0.15, 0.2) is 0 Å². The van der Waals surface area contributed by atoms with Crippen LogP contribution in [0.4, 0.5) is 0 Å². The summed E-state index contributed by atoms with van der Waals surface area (Å²) >= 11 is 0. The highest BCUT2D eigenvalue weighted by Gasteiger charge is 2.37. The molecule has 3 rings (SSSR count). The van der Waals surface area contributed by atoms with Crippen LogP contribution >= 0.6 is 0 Å². The molecule has 0 radical (unpaired) electrons. The Kier molecular flexibility index (Phi) is 6.23. The Hall–Kier alpha value is -2.68. The average Bonchev–Trinajstić information content (AvgIpc) is 3.37. The van der Waals surface area contributed by atoms with Crippen LogP contribution in [0.5, 0.6) is 0 Å². The Balaban J connectivity index is 1.61. The largest absolute Gasteiger partial charge is 0.355 e. The Morgan fingerprint density at radius 2 is 2.15 bits per heavy atom. The van der Waals surface area contributed by atoms with E-state index < -0.39 is 0 Å². The van der Waals surface area contributed by atoms with Gasteiger partial charge in [-0.15, -0.1) is 0 Å². The number of aromatic amines is 1. The van der Waals surface area contributed by atoms with Crippen LogP contribution in [0.25, 0.3) is 0 Å². The van der Waals surface area contributed by atoms with Gasteiger partial charge in [-0.2, -0.15) is 0 Å². The van der Waals surface area contributed by atoms with Crippen molar-refractivity contribution < 1.29 is 9.59 Å². The molecule has 3 N–H and O–H groups in total. The Labute approximate surface area is 158 Å². The maximum atomic E-state index is 12.5. The summed E-state index contributed by atoms with van der Waals surface area (Å²) in [4.78, 5) is 38.5. The zero-order valence-electron chi connectivity index (χ0n) is 15.8. The van der Waals surface area contributed by atoms with Crippen LogP contribution < -0.4 is 10.6 Å². The molecule has 1 aliphatic heterocycles. The summed E-state index contributed by atoms with van der Waals surface area (Å²) in [6, 6.07) is -0.353. The van der Waals surface area contributed by atoms with Crippen LogP contribution in [0.15, 0.2) is 24.8 Å². The number of nitrogens with zero attached hydrogens (tertiary/aromatic N) is 4. The Morgan fingerprint density at radius 1 is 1.30 bits per heavy atom. The highest BCUT2D eigenvalue weighted by atomic mass is 16.2. The number of hydrogen-bond donors (Lipinski definition) is 3. The summed E-state index contributed by atoms with van der Waals surface area (Å²) in [5, 5.41) is 5.95. The molecule has 2 amide bonds. The molecule has 9 nitrogen and oxygen atoms in total. The van der Waals surface area contributed by atoms with Crippen molar-refractivity contribution in [1.82, 2.24) is 35.1 Å². The van der Waals surface area contributed by atoms with Crippen molar-refractivity contribution in [3.8, 4) is 0 Å². The SMILES string of the molecule is CCNC(=O)[C@@H]1C[C@H](NC(=O)Cn2ccnc2CC)CN1Cc1ncc[nH]1. The Bertz CT molecular complexity index is 756. The van der Waals surface area contributed by atoms with E-state index in [0.717, 1.165) is 18.1 Å². The van der Waals surface area contributed by atoms with Crippen molar-refractivity contribution in [2.45, 2.75) is 51.9 Å². The maximum absolute atomic E-state index is 12.5. The molecule has 3 heterocycles. The zero-order valence-corrected chi connectivity index (χ0v) is 15.8. The first-order valence-corrected chi connectivity index (χ1v) is 9.40. The van der Waals surface area contributed by atoms with Gasteiger partial charge in [-0.25, -0.2) is 9.97 Å². The molecule has 1 aliphatic rings. The van der Waals surface area contributed by atoms with Crippen LogP contribution in [0.1, 0.15) is 31.9 Å². The number of hydrogen-bond acceptors (Lipinski definition) is 5. The van der Waals surface area contributed by atoms with Crippen molar-refractivity contribution in [3.05, 3.63) is 36.4 Å². The topological polar surface area (TPSA) is 108 Å². The van der Waals surface area contributed by atoms with Crippen LogP contribution in [-0.4, -0.2) is 61.4 Å². The number of likely N-dealkylation sites (tertiary alicyclic amines) is 1. The summed E-state index contributed by atoms with van der Waals surface area (Å²) < 4.78 is 1.85. The minimum atomic E-state index is -0.278. The van der Waals surface area contributed by atoms with E-state index in [2.05, 4.69) is 30.5 Å². The molecule has 0 aromatic carbocycles. The molecule has 2 aromatic rings. The molecular formula is C18H27N7O2. The second-order valence-electron chi connectivity index (χ2n) is 6.70. The Morgan fingerprint density at radius 3 is 2.85 bits per heavy atom. The highest BCUT2D eigenvalue weighted by molar-refractivity contribution is 5.82. The average molecular weight is 373 g/mol. The summed E-state index contributed by atoms with van der Waals surface area (Å²) in [5.41, 5.74) is 0. The summed E-state index contributed by atoms with van der Waals surface area (Å²) in [6.45, 7) is 5.89. The second-order valence-corrected chi connectivity index (χ2v) is 6.70. The van der Waals surface area contributed by atoms with Crippen molar-refractivity contribution in [2.75, 3.05) is 13.1 Å². The second kappa shape index (κ2) is 8.81. The van der Waals surface area contributed by atoms with Gasteiger partial charge >= 0.3 is 0 Å². The number of carbonyl (C=O) groups excluding carboxylic acids is 2. The van der Waals surface area contributed by atoms with E-state index in [4.69, 9.17) is 0 Å². The fourth-order valence-electron chi connectivity index (χ4n) is 3.55. The van der Waals surface area contributed by atoms with E-state index in [-0.39, 0.29) is 30.4 Å². The molecule has 1 fully saturated rings. The summed E-state index contributed by atoms with van der Waals surface area (Å²) in [5.74, 6) is 1.62. The van der Waals surface area contributed by atoms with Crippen molar-refractivity contribution in [3.63, 3.8) is 0 Å². The smallest absolute Gasteiger partial charge is 0.240 e. The number of nitrogens with one attached hydrogen (secondary N) is 3. The third kappa shape index (κ3) is 4.73. The minimum Gasteiger partial charge on any atom is -0.355 e. The lowest BCUT2D eigenvalue weighted by Crippen LogP contribution is -2.42. The van der Waals surface area contributed by atoms with Crippen LogP contribution in [0.3, 0.4) is 0 Å². The third-order valence-electron chi connectivity index (χ3n) is 4.76. The van der Waals surface area contributed by atoms with Crippen LogP contribution in [-0.2, 0) is 29.1 Å². The molecule has 0 bridgehead atoms. The molecule has 0 aliphatic carbocycles. The number of H-pyrrole nitrogens is 1. The van der Waals surface area contributed by atoms with Crippen LogP contribution in [0.2, 0.25) is 0 Å². The van der Waals surface area contributed by atoms with Gasteiger partial charge in [-0.05, 0) is 13.3 Å². The van der Waals surface area contributed by atoms with Gasteiger partial charge in [0.1, 0.15) is 18.2 Å². The number of aryl methyl sites for hydroxylation is 1. The lowest BCUT2D eigenvalue weighted by atomic mass is 10.1. The van der Waals surface area contributed by atoms with E-state index in [0.29, 0.717) is 26.1 Å². The maximum Gasteiger partial charge on any atom is 0.240 e. The number of aromatic nitrogens is 4. The molecule has 0 unspecified atom stereocenters. The van der Waals surface area contributed by atoms with E-state index in [1.165, 1.54) is 0 Å². The van der Waals surface area contributed by atoms with Crippen molar-refractivity contribution in [1.29, 1.82) is 0 Å². The molecule has 146 valence electrons. The monoisotopic (exact) mass is 373 g/mol.